The van der Waals surface area contributed by atoms with Crippen molar-refractivity contribution in [3.05, 3.63) is 70.2 Å². The lowest BCUT2D eigenvalue weighted by Gasteiger charge is -2.08. The van der Waals surface area contributed by atoms with Gasteiger partial charge in [-0.25, -0.2) is 8.42 Å². The van der Waals surface area contributed by atoms with Crippen LogP contribution in [0.3, 0.4) is 0 Å². The van der Waals surface area contributed by atoms with Gasteiger partial charge in [0.15, 0.2) is 9.84 Å². The third-order valence-corrected chi connectivity index (χ3v) is 5.60. The highest BCUT2D eigenvalue weighted by Crippen LogP contribution is 2.14. The zero-order valence-corrected chi connectivity index (χ0v) is 17.1. The van der Waals surface area contributed by atoms with Gasteiger partial charge in [0, 0.05) is 24.0 Å². The van der Waals surface area contributed by atoms with E-state index >= 15 is 0 Å². The van der Waals surface area contributed by atoms with Crippen LogP contribution in [0.25, 0.3) is 0 Å². The van der Waals surface area contributed by atoms with Gasteiger partial charge in [0.2, 0.25) is 11.8 Å². The summed E-state index contributed by atoms with van der Waals surface area (Å²) in [4.78, 5) is 23.6. The Balaban J connectivity index is 1.69. The smallest absolute Gasteiger partial charge is 0.235 e. The van der Waals surface area contributed by atoms with Crippen molar-refractivity contribution in [3.8, 4) is 0 Å². The van der Waals surface area contributed by atoms with E-state index < -0.39 is 21.5 Å². The Kier molecular flexibility index (Phi) is 7.99. The summed E-state index contributed by atoms with van der Waals surface area (Å²) in [6.07, 6.45) is 0.0876. The van der Waals surface area contributed by atoms with Crippen molar-refractivity contribution in [2.45, 2.75) is 18.7 Å². The third kappa shape index (κ3) is 8.36. The predicted molar refractivity (Wildman–Crippen MR) is 108 cm³/mol. The second-order valence-corrected chi connectivity index (χ2v) is 9.00. The van der Waals surface area contributed by atoms with Crippen LogP contribution in [-0.2, 0) is 31.7 Å². The topological polar surface area (TPSA) is 92.3 Å². The van der Waals surface area contributed by atoms with E-state index in [9.17, 15) is 18.0 Å². The summed E-state index contributed by atoms with van der Waals surface area (Å²) in [5.74, 6) is -1.64. The average Bonchev–Trinajstić information content (AvgIpc) is 2.60. The van der Waals surface area contributed by atoms with Gasteiger partial charge in [0.25, 0.3) is 0 Å². The normalized spacial score (nSPS) is 11.0. The number of sulfone groups is 1. The minimum Gasteiger partial charge on any atom is -0.355 e. The highest BCUT2D eigenvalue weighted by molar-refractivity contribution is 9.10. The molecule has 144 valence electrons. The summed E-state index contributed by atoms with van der Waals surface area (Å²) in [5.41, 5.74) is 1.59. The molecule has 0 radical (unpaired) electrons. The molecule has 2 N–H and O–H groups in total. The van der Waals surface area contributed by atoms with Gasteiger partial charge in [-0.3, -0.25) is 9.59 Å². The fourth-order valence-electron chi connectivity index (χ4n) is 2.38. The van der Waals surface area contributed by atoms with E-state index in [0.717, 1.165) is 10.0 Å². The fraction of sp³-hybridized carbons (Fsp3) is 0.263. The number of hydrogen-bond donors (Lipinski definition) is 2. The molecule has 0 saturated carbocycles. The number of nitrogens with one attached hydrogen (secondary N) is 2. The van der Waals surface area contributed by atoms with Crippen molar-refractivity contribution in [1.29, 1.82) is 0 Å². The number of benzene rings is 2. The minimum atomic E-state index is -3.58. The Morgan fingerprint density at radius 3 is 2.30 bits per heavy atom. The van der Waals surface area contributed by atoms with Crippen molar-refractivity contribution < 1.29 is 18.0 Å². The van der Waals surface area contributed by atoms with E-state index in [1.165, 1.54) is 0 Å². The number of hydrogen-bond acceptors (Lipinski definition) is 4. The first-order chi connectivity index (χ1) is 12.8. The highest BCUT2D eigenvalue weighted by Gasteiger charge is 2.17. The van der Waals surface area contributed by atoms with Gasteiger partial charge >= 0.3 is 0 Å². The Bertz CT molecular complexity index is 886. The van der Waals surface area contributed by atoms with Crippen LogP contribution in [0, 0.1) is 0 Å². The van der Waals surface area contributed by atoms with E-state index in [2.05, 4.69) is 26.6 Å². The Morgan fingerprint density at radius 1 is 0.889 bits per heavy atom. The highest BCUT2D eigenvalue weighted by atomic mass is 79.9. The van der Waals surface area contributed by atoms with Crippen molar-refractivity contribution in [3.63, 3.8) is 0 Å². The molecule has 2 aromatic carbocycles. The average molecular weight is 453 g/mol. The van der Waals surface area contributed by atoms with Crippen LogP contribution in [-0.4, -0.2) is 32.5 Å². The van der Waals surface area contributed by atoms with Crippen LogP contribution < -0.4 is 10.6 Å². The Morgan fingerprint density at radius 2 is 1.59 bits per heavy atom. The van der Waals surface area contributed by atoms with Gasteiger partial charge in [-0.05, 0) is 23.3 Å². The van der Waals surface area contributed by atoms with E-state index in [1.54, 1.807) is 24.3 Å². The van der Waals surface area contributed by atoms with Crippen LogP contribution >= 0.6 is 15.9 Å². The van der Waals surface area contributed by atoms with Gasteiger partial charge in [-0.1, -0.05) is 58.4 Å². The Labute approximate surface area is 167 Å². The van der Waals surface area contributed by atoms with Crippen molar-refractivity contribution >= 4 is 37.6 Å². The molecule has 0 aliphatic rings. The lowest BCUT2D eigenvalue weighted by Crippen LogP contribution is -2.34. The molecule has 2 aromatic rings. The third-order valence-electron chi connectivity index (χ3n) is 3.63. The SMILES string of the molecule is O=C(CCNC(=O)CS(=O)(=O)Cc1cccc(Br)c1)NCc1ccccc1. The second kappa shape index (κ2) is 10.2. The summed E-state index contributed by atoms with van der Waals surface area (Å²) in [6, 6.07) is 16.4. The summed E-state index contributed by atoms with van der Waals surface area (Å²) >= 11 is 3.28. The van der Waals surface area contributed by atoms with Gasteiger partial charge in [0.05, 0.1) is 5.75 Å². The Hall–Kier alpha value is -2.19. The van der Waals surface area contributed by atoms with Crippen LogP contribution in [0.4, 0.5) is 0 Å². The monoisotopic (exact) mass is 452 g/mol. The van der Waals surface area contributed by atoms with Gasteiger partial charge in [-0.2, -0.15) is 0 Å². The molecule has 0 aliphatic heterocycles. The quantitative estimate of drug-likeness (QED) is 0.609. The number of amides is 2. The first-order valence-corrected chi connectivity index (χ1v) is 11.0. The van der Waals surface area contributed by atoms with Crippen molar-refractivity contribution in [1.82, 2.24) is 10.6 Å². The van der Waals surface area contributed by atoms with E-state index in [-0.39, 0.29) is 24.6 Å². The number of carbonyl (C=O) groups is 2. The molecule has 0 heterocycles. The predicted octanol–water partition coefficient (Wildman–Crippen LogP) is 2.19. The maximum Gasteiger partial charge on any atom is 0.235 e. The number of halogens is 1. The summed E-state index contributed by atoms with van der Waals surface area (Å²) < 4.78 is 25.0. The number of carbonyl (C=O) groups excluding carboxylic acids is 2. The maximum atomic E-state index is 12.1. The molecule has 8 heteroatoms. The first-order valence-electron chi connectivity index (χ1n) is 8.36. The van der Waals surface area contributed by atoms with E-state index in [0.29, 0.717) is 12.1 Å². The van der Waals surface area contributed by atoms with Crippen LogP contribution in [0.1, 0.15) is 17.5 Å². The van der Waals surface area contributed by atoms with E-state index in [4.69, 9.17) is 0 Å². The molecule has 27 heavy (non-hydrogen) atoms. The van der Waals surface area contributed by atoms with Crippen molar-refractivity contribution in [2.24, 2.45) is 0 Å². The van der Waals surface area contributed by atoms with Gasteiger partial charge < -0.3 is 10.6 Å². The van der Waals surface area contributed by atoms with Gasteiger partial charge in [-0.15, -0.1) is 0 Å². The molecule has 0 atom stereocenters. The zero-order valence-electron chi connectivity index (χ0n) is 14.7. The standard InChI is InChI=1S/C19H21BrN2O4S/c20-17-8-4-7-16(11-17)13-27(25,26)14-19(24)21-10-9-18(23)22-12-15-5-2-1-3-6-15/h1-8,11H,9-10,12-14H2,(H,21,24)(H,22,23). The van der Waals surface area contributed by atoms with Crippen molar-refractivity contribution in [2.75, 3.05) is 12.3 Å². The molecule has 0 spiro atoms. The van der Waals surface area contributed by atoms with Crippen LogP contribution in [0.2, 0.25) is 0 Å². The molecule has 0 bridgehead atoms. The molecule has 6 nitrogen and oxygen atoms in total. The molecule has 0 unspecified atom stereocenters. The molecule has 0 fully saturated rings. The summed E-state index contributed by atoms with van der Waals surface area (Å²) in [7, 11) is -3.58. The maximum absolute atomic E-state index is 12.1. The zero-order chi connectivity index (χ0) is 19.7. The summed E-state index contributed by atoms with van der Waals surface area (Å²) in [5, 5.41) is 5.22. The molecule has 2 rings (SSSR count). The molecule has 2 amide bonds. The molecule has 0 aliphatic carbocycles. The minimum absolute atomic E-state index is 0.0876. The summed E-state index contributed by atoms with van der Waals surface area (Å²) in [6.45, 7) is 0.500. The van der Waals surface area contributed by atoms with E-state index in [1.807, 2.05) is 30.3 Å². The second-order valence-electron chi connectivity index (χ2n) is 6.02. The molecule has 0 aromatic heterocycles. The lowest BCUT2D eigenvalue weighted by atomic mass is 10.2. The lowest BCUT2D eigenvalue weighted by molar-refractivity contribution is -0.121. The molecule has 0 saturated heterocycles. The fourth-order valence-corrected chi connectivity index (χ4v) is 4.12. The molecular formula is C19H21BrN2O4S. The molecular weight excluding hydrogens is 432 g/mol. The first kappa shape index (κ1) is 21.1. The van der Waals surface area contributed by atoms with Crippen LogP contribution in [0.15, 0.2) is 59.1 Å². The number of rotatable bonds is 9. The van der Waals surface area contributed by atoms with Gasteiger partial charge in [0.1, 0.15) is 5.75 Å². The van der Waals surface area contributed by atoms with Crippen LogP contribution in [0.5, 0.6) is 0 Å². The largest absolute Gasteiger partial charge is 0.355 e.